The molecule has 0 aliphatic rings. The molecule has 0 fully saturated rings. The molecule has 5 heteroatoms. The third-order valence-electron chi connectivity index (χ3n) is 2.62. The fourth-order valence-electron chi connectivity index (χ4n) is 1.61. The van der Waals surface area contributed by atoms with E-state index < -0.39 is 0 Å². The van der Waals surface area contributed by atoms with E-state index in [1.54, 1.807) is 30.0 Å². The lowest BCUT2D eigenvalue weighted by atomic mass is 10.2. The number of aliphatic hydroxyl groups is 1. The first-order valence-electron chi connectivity index (χ1n) is 6.10. The zero-order valence-electron chi connectivity index (χ0n) is 10.7. The summed E-state index contributed by atoms with van der Waals surface area (Å²) in [6.07, 6.45) is 0. The van der Waals surface area contributed by atoms with Gasteiger partial charge >= 0.3 is 0 Å². The summed E-state index contributed by atoms with van der Waals surface area (Å²) in [6.45, 7) is 0.592. The number of para-hydroxylation sites is 1. The molecule has 0 heterocycles. The van der Waals surface area contributed by atoms with Crippen LogP contribution in [-0.2, 0) is 6.61 Å². The van der Waals surface area contributed by atoms with Crippen LogP contribution in [0.3, 0.4) is 0 Å². The van der Waals surface area contributed by atoms with Gasteiger partial charge in [0.25, 0.3) is 0 Å². The molecule has 2 rings (SSSR count). The fraction of sp³-hybridized carbons (Fsp3) is 0.200. The van der Waals surface area contributed by atoms with E-state index in [4.69, 9.17) is 33.0 Å². The second-order valence-corrected chi connectivity index (χ2v) is 6.03. The molecule has 0 spiro atoms. The lowest BCUT2D eigenvalue weighted by Crippen LogP contribution is -2.01. The number of hydrogen-bond donors (Lipinski definition) is 1. The Bertz CT molecular complexity index is 538. The summed E-state index contributed by atoms with van der Waals surface area (Å²) < 4.78 is 5.61. The Hall–Kier alpha value is -0.870. The number of aliphatic hydroxyl groups excluding tert-OH is 1. The van der Waals surface area contributed by atoms with Gasteiger partial charge in [0.1, 0.15) is 0 Å². The van der Waals surface area contributed by atoms with Gasteiger partial charge in [0, 0.05) is 10.6 Å². The first kappa shape index (κ1) is 15.5. The highest BCUT2D eigenvalue weighted by atomic mass is 35.5. The Morgan fingerprint density at radius 1 is 1.00 bits per heavy atom. The van der Waals surface area contributed by atoms with Crippen LogP contribution in [0.2, 0.25) is 10.0 Å². The van der Waals surface area contributed by atoms with Gasteiger partial charge in [-0.3, -0.25) is 0 Å². The Morgan fingerprint density at radius 3 is 2.25 bits per heavy atom. The van der Waals surface area contributed by atoms with E-state index >= 15 is 0 Å². The van der Waals surface area contributed by atoms with E-state index in [0.29, 0.717) is 22.4 Å². The van der Waals surface area contributed by atoms with Gasteiger partial charge in [0.2, 0.25) is 0 Å². The molecule has 0 aliphatic heterocycles. The van der Waals surface area contributed by atoms with Crippen molar-refractivity contribution in [1.29, 1.82) is 0 Å². The summed E-state index contributed by atoms with van der Waals surface area (Å²) in [5, 5.41) is 10.0. The molecular formula is C15H14Cl2O2S. The summed E-state index contributed by atoms with van der Waals surface area (Å²) >= 11 is 13.7. The maximum atomic E-state index is 8.97. The minimum absolute atomic E-state index is 0.0685. The van der Waals surface area contributed by atoms with Crippen molar-refractivity contribution in [1.82, 2.24) is 0 Å². The third kappa shape index (κ3) is 4.32. The average Bonchev–Trinajstić information content (AvgIpc) is 2.46. The monoisotopic (exact) mass is 328 g/mol. The lowest BCUT2D eigenvalue weighted by Gasteiger charge is -2.09. The Kier molecular flexibility index (Phi) is 6.05. The van der Waals surface area contributed by atoms with Crippen LogP contribution in [0.1, 0.15) is 5.56 Å². The van der Waals surface area contributed by atoms with Gasteiger partial charge in [-0.15, -0.1) is 11.8 Å². The summed E-state index contributed by atoms with van der Waals surface area (Å²) in [7, 11) is 0. The van der Waals surface area contributed by atoms with Crippen molar-refractivity contribution in [3.05, 3.63) is 58.1 Å². The van der Waals surface area contributed by atoms with E-state index in [2.05, 4.69) is 0 Å². The Balaban J connectivity index is 1.81. The molecule has 0 aliphatic carbocycles. The standard InChI is InChI=1S/C15H14Cl2O2S/c16-13-2-1-3-14(17)15(13)19-8-9-20-12-6-4-11(10-18)5-7-12/h1-7,18H,8-10H2. The second kappa shape index (κ2) is 7.79. The van der Waals surface area contributed by atoms with Crippen LogP contribution in [0.5, 0.6) is 5.75 Å². The second-order valence-electron chi connectivity index (χ2n) is 4.05. The summed E-state index contributed by atoms with van der Waals surface area (Å²) in [5.74, 6) is 1.33. The highest BCUT2D eigenvalue weighted by Crippen LogP contribution is 2.32. The minimum atomic E-state index is 0.0685. The molecule has 0 saturated carbocycles. The minimum Gasteiger partial charge on any atom is -0.490 e. The van der Waals surface area contributed by atoms with E-state index in [-0.39, 0.29) is 6.61 Å². The largest absolute Gasteiger partial charge is 0.490 e. The normalized spacial score (nSPS) is 10.6. The Labute approximate surface area is 132 Å². The van der Waals surface area contributed by atoms with Crippen LogP contribution >= 0.6 is 35.0 Å². The highest BCUT2D eigenvalue weighted by Gasteiger charge is 2.06. The van der Waals surface area contributed by atoms with Gasteiger partial charge in [-0.25, -0.2) is 0 Å². The first-order chi connectivity index (χ1) is 9.70. The van der Waals surface area contributed by atoms with Crippen molar-refractivity contribution < 1.29 is 9.84 Å². The van der Waals surface area contributed by atoms with Crippen molar-refractivity contribution in [3.8, 4) is 5.75 Å². The predicted molar refractivity (Wildman–Crippen MR) is 85.0 cm³/mol. The molecule has 0 atom stereocenters. The number of halogens is 2. The summed E-state index contributed by atoms with van der Waals surface area (Å²) in [5.41, 5.74) is 0.911. The Morgan fingerprint density at radius 2 is 1.65 bits per heavy atom. The van der Waals surface area contributed by atoms with Crippen molar-refractivity contribution in [2.24, 2.45) is 0 Å². The first-order valence-corrected chi connectivity index (χ1v) is 7.84. The van der Waals surface area contributed by atoms with E-state index in [9.17, 15) is 0 Å². The topological polar surface area (TPSA) is 29.5 Å². The smallest absolute Gasteiger partial charge is 0.156 e. The molecule has 2 aromatic carbocycles. The van der Waals surface area contributed by atoms with Crippen LogP contribution in [0, 0.1) is 0 Å². The van der Waals surface area contributed by atoms with Gasteiger partial charge < -0.3 is 9.84 Å². The van der Waals surface area contributed by atoms with Crippen LogP contribution in [0.4, 0.5) is 0 Å². The van der Waals surface area contributed by atoms with Crippen molar-refractivity contribution in [3.63, 3.8) is 0 Å². The van der Waals surface area contributed by atoms with E-state index in [1.165, 1.54) is 0 Å². The molecule has 0 bridgehead atoms. The van der Waals surface area contributed by atoms with E-state index in [1.807, 2.05) is 24.3 Å². The molecule has 2 nitrogen and oxygen atoms in total. The van der Waals surface area contributed by atoms with Gasteiger partial charge in [-0.1, -0.05) is 41.4 Å². The average molecular weight is 329 g/mol. The number of rotatable bonds is 6. The third-order valence-corrected chi connectivity index (χ3v) is 4.19. The molecule has 106 valence electrons. The molecule has 20 heavy (non-hydrogen) atoms. The number of ether oxygens (including phenoxy) is 1. The maximum absolute atomic E-state index is 8.97. The van der Waals surface area contributed by atoms with Gasteiger partial charge in [0.15, 0.2) is 5.75 Å². The van der Waals surface area contributed by atoms with Gasteiger partial charge in [0.05, 0.1) is 23.3 Å². The number of thioether (sulfide) groups is 1. The molecule has 2 aromatic rings. The van der Waals surface area contributed by atoms with E-state index in [0.717, 1.165) is 16.2 Å². The molecular weight excluding hydrogens is 315 g/mol. The van der Waals surface area contributed by atoms with Crippen molar-refractivity contribution in [2.45, 2.75) is 11.5 Å². The molecule has 0 amide bonds. The highest BCUT2D eigenvalue weighted by molar-refractivity contribution is 7.99. The van der Waals surface area contributed by atoms with Gasteiger partial charge in [-0.05, 0) is 29.8 Å². The fourth-order valence-corrected chi connectivity index (χ4v) is 2.85. The lowest BCUT2D eigenvalue weighted by molar-refractivity contribution is 0.282. The zero-order valence-corrected chi connectivity index (χ0v) is 13.0. The van der Waals surface area contributed by atoms with Crippen molar-refractivity contribution in [2.75, 3.05) is 12.4 Å². The van der Waals surface area contributed by atoms with Crippen LogP contribution < -0.4 is 4.74 Å². The molecule has 0 saturated heterocycles. The van der Waals surface area contributed by atoms with Crippen LogP contribution in [0.15, 0.2) is 47.4 Å². The maximum Gasteiger partial charge on any atom is 0.156 e. The predicted octanol–water partition coefficient (Wildman–Crippen LogP) is 4.66. The molecule has 1 N–H and O–H groups in total. The zero-order chi connectivity index (χ0) is 14.4. The molecule has 0 unspecified atom stereocenters. The van der Waals surface area contributed by atoms with Crippen LogP contribution in [0.25, 0.3) is 0 Å². The van der Waals surface area contributed by atoms with Crippen LogP contribution in [-0.4, -0.2) is 17.5 Å². The summed E-state index contributed by atoms with van der Waals surface area (Å²) in [4.78, 5) is 1.14. The van der Waals surface area contributed by atoms with Gasteiger partial charge in [-0.2, -0.15) is 0 Å². The number of benzene rings is 2. The SMILES string of the molecule is OCc1ccc(SCCOc2c(Cl)cccc2Cl)cc1. The molecule has 0 radical (unpaired) electrons. The summed E-state index contributed by atoms with van der Waals surface area (Å²) in [6, 6.07) is 13.1. The number of hydrogen-bond acceptors (Lipinski definition) is 3. The van der Waals surface area contributed by atoms with Crippen molar-refractivity contribution >= 4 is 35.0 Å². The quantitative estimate of drug-likeness (QED) is 0.617. The molecule has 0 aromatic heterocycles.